The maximum atomic E-state index is 14.3. The summed E-state index contributed by atoms with van der Waals surface area (Å²) in [7, 11) is 2.01. The van der Waals surface area contributed by atoms with Gasteiger partial charge in [-0.1, -0.05) is 24.0 Å². The van der Waals surface area contributed by atoms with Gasteiger partial charge in [-0.15, -0.1) is 0 Å². The topological polar surface area (TPSA) is 59.2 Å². The Morgan fingerprint density at radius 3 is 2.51 bits per heavy atom. The van der Waals surface area contributed by atoms with Gasteiger partial charge in [0.25, 0.3) is 0 Å². The van der Waals surface area contributed by atoms with E-state index in [1.807, 2.05) is 7.05 Å². The molecule has 0 aliphatic carbocycles. The van der Waals surface area contributed by atoms with E-state index in [1.54, 1.807) is 18.2 Å². The molecule has 0 unspecified atom stereocenters. The number of likely N-dealkylation sites (tertiary alicyclic amines) is 1. The maximum Gasteiger partial charge on any atom is 0.416 e. The van der Waals surface area contributed by atoms with Gasteiger partial charge in [0.2, 0.25) is 0 Å². The lowest BCUT2D eigenvalue weighted by Gasteiger charge is -2.29. The Bertz CT molecular complexity index is 1350. The van der Waals surface area contributed by atoms with Crippen LogP contribution < -0.4 is 5.73 Å². The number of nitrogens with two attached hydrogens (primary N) is 1. The third-order valence-corrected chi connectivity index (χ3v) is 6.65. The van der Waals surface area contributed by atoms with Crippen molar-refractivity contribution in [2.75, 3.05) is 25.9 Å². The second kappa shape index (κ2) is 11.1. The van der Waals surface area contributed by atoms with E-state index < -0.39 is 23.3 Å². The number of benzene rings is 2. The number of anilines is 1. The van der Waals surface area contributed by atoms with Crippen LogP contribution >= 0.6 is 0 Å². The molecule has 1 aliphatic rings. The summed E-state index contributed by atoms with van der Waals surface area (Å²) in [6.07, 6.45) is -1.18. The number of hydrogen-bond donors (Lipinski definition) is 1. The predicted octanol–water partition coefficient (Wildman–Crippen LogP) is 5.53. The van der Waals surface area contributed by atoms with Crippen LogP contribution in [0.3, 0.4) is 0 Å². The minimum atomic E-state index is -4.52. The van der Waals surface area contributed by atoms with Gasteiger partial charge < -0.3 is 10.6 Å². The fraction of sp³-hybridized carbons (Fsp3) is 0.310. The van der Waals surface area contributed by atoms with Crippen molar-refractivity contribution in [2.24, 2.45) is 5.92 Å². The normalized spacial score (nSPS) is 14.7. The summed E-state index contributed by atoms with van der Waals surface area (Å²) in [5.41, 5.74) is 6.13. The minimum Gasteiger partial charge on any atom is -0.383 e. The van der Waals surface area contributed by atoms with Crippen LogP contribution in [0.25, 0.3) is 0 Å². The SMILES string of the molecule is CN1CCC(Cc2ccc(CC(=O)c3ccc(F)c(C#Cc4cccnc4N)c3)cc2C(F)(F)F)CC1. The van der Waals surface area contributed by atoms with Crippen molar-refractivity contribution in [2.45, 2.75) is 31.9 Å². The van der Waals surface area contributed by atoms with Gasteiger partial charge >= 0.3 is 6.18 Å². The number of carbonyl (C=O) groups is 1. The predicted molar refractivity (Wildman–Crippen MR) is 134 cm³/mol. The summed E-state index contributed by atoms with van der Waals surface area (Å²) in [6, 6.07) is 11.1. The lowest BCUT2D eigenvalue weighted by molar-refractivity contribution is -0.138. The van der Waals surface area contributed by atoms with Crippen molar-refractivity contribution in [1.29, 1.82) is 0 Å². The second-order valence-electron chi connectivity index (χ2n) is 9.42. The van der Waals surface area contributed by atoms with Gasteiger partial charge in [-0.3, -0.25) is 4.79 Å². The molecule has 4 nitrogen and oxygen atoms in total. The Kier molecular flexibility index (Phi) is 7.94. The molecule has 2 heterocycles. The number of ketones is 1. The lowest BCUT2D eigenvalue weighted by atomic mass is 9.87. The quantitative estimate of drug-likeness (QED) is 0.279. The molecule has 0 bridgehead atoms. The lowest BCUT2D eigenvalue weighted by Crippen LogP contribution is -2.31. The Morgan fingerprint density at radius 1 is 1.08 bits per heavy atom. The number of nitrogen functional groups attached to an aromatic ring is 1. The molecule has 8 heteroatoms. The molecule has 0 saturated carbocycles. The molecule has 2 N–H and O–H groups in total. The minimum absolute atomic E-state index is 0.0152. The second-order valence-corrected chi connectivity index (χ2v) is 9.42. The van der Waals surface area contributed by atoms with Gasteiger partial charge in [-0.2, -0.15) is 13.2 Å². The van der Waals surface area contributed by atoms with Gasteiger partial charge in [0.05, 0.1) is 16.7 Å². The monoisotopic (exact) mass is 509 g/mol. The molecule has 0 radical (unpaired) electrons. The molecule has 1 aliphatic heterocycles. The van der Waals surface area contributed by atoms with Crippen LogP contribution in [0.5, 0.6) is 0 Å². The first kappa shape index (κ1) is 26.4. The number of carbonyl (C=O) groups excluding carboxylic acids is 1. The Hall–Kier alpha value is -3.70. The number of piperidine rings is 1. The van der Waals surface area contributed by atoms with E-state index in [0.29, 0.717) is 12.0 Å². The van der Waals surface area contributed by atoms with Crippen LogP contribution in [-0.4, -0.2) is 35.8 Å². The maximum absolute atomic E-state index is 14.3. The number of alkyl halides is 3. The molecular formula is C29H27F4N3O. The number of pyridine rings is 1. The zero-order chi connectivity index (χ0) is 26.6. The smallest absolute Gasteiger partial charge is 0.383 e. The molecule has 37 heavy (non-hydrogen) atoms. The molecule has 0 amide bonds. The number of halogens is 4. The van der Waals surface area contributed by atoms with Crippen LogP contribution in [0.1, 0.15) is 51.0 Å². The molecule has 3 aromatic rings. The Labute approximate surface area is 213 Å². The van der Waals surface area contributed by atoms with Gasteiger partial charge in [0.1, 0.15) is 11.6 Å². The van der Waals surface area contributed by atoms with Crippen molar-refractivity contribution >= 4 is 11.6 Å². The first-order chi connectivity index (χ1) is 17.6. The number of rotatable bonds is 5. The third-order valence-electron chi connectivity index (χ3n) is 6.65. The highest BCUT2D eigenvalue weighted by Crippen LogP contribution is 2.35. The molecule has 4 rings (SSSR count). The number of Topliss-reactive ketones (excluding diaryl/α,β-unsaturated/α-hetero) is 1. The van der Waals surface area contributed by atoms with Crippen LogP contribution in [0.15, 0.2) is 54.7 Å². The van der Waals surface area contributed by atoms with Crippen molar-refractivity contribution in [1.82, 2.24) is 9.88 Å². The first-order valence-corrected chi connectivity index (χ1v) is 12.0. The zero-order valence-electron chi connectivity index (χ0n) is 20.4. The van der Waals surface area contributed by atoms with Crippen LogP contribution in [-0.2, 0) is 19.0 Å². The Morgan fingerprint density at radius 2 is 1.81 bits per heavy atom. The van der Waals surface area contributed by atoms with E-state index in [9.17, 15) is 22.4 Å². The van der Waals surface area contributed by atoms with Crippen LogP contribution in [0, 0.1) is 23.6 Å². The standard InChI is InChI=1S/C29H27F4N3O/c1-36-13-10-19(11-14-36)15-22-5-4-20(16-25(22)29(31,32)33)17-27(37)24-8-9-26(30)23(18-24)7-6-21-3-2-12-35-28(21)34/h2-5,8-9,12,16,18-19H,10-11,13-15,17H2,1H3,(H2,34,35). The molecule has 0 atom stereocenters. The summed E-state index contributed by atoms with van der Waals surface area (Å²) in [5, 5.41) is 0. The molecule has 1 aromatic heterocycles. The molecule has 2 aromatic carbocycles. The third kappa shape index (κ3) is 6.75. The number of aromatic nitrogens is 1. The van der Waals surface area contributed by atoms with Crippen molar-refractivity contribution < 1.29 is 22.4 Å². The van der Waals surface area contributed by atoms with Crippen LogP contribution in [0.4, 0.5) is 23.4 Å². The summed E-state index contributed by atoms with van der Waals surface area (Å²) in [6.45, 7) is 1.75. The van der Waals surface area contributed by atoms with Gasteiger partial charge in [0, 0.05) is 18.2 Å². The van der Waals surface area contributed by atoms with E-state index >= 15 is 0 Å². The number of nitrogens with zero attached hydrogens (tertiary/aromatic N) is 2. The van der Waals surface area contributed by atoms with E-state index in [-0.39, 0.29) is 40.4 Å². The average Bonchev–Trinajstić information content (AvgIpc) is 2.86. The average molecular weight is 510 g/mol. The van der Waals surface area contributed by atoms with Gasteiger partial charge in [0.15, 0.2) is 5.78 Å². The molecular weight excluding hydrogens is 482 g/mol. The molecule has 1 saturated heterocycles. The number of hydrogen-bond acceptors (Lipinski definition) is 4. The summed E-state index contributed by atoms with van der Waals surface area (Å²) < 4.78 is 56.0. The zero-order valence-corrected chi connectivity index (χ0v) is 20.4. The van der Waals surface area contributed by atoms with Crippen molar-refractivity contribution in [3.05, 3.63) is 93.9 Å². The summed E-state index contributed by atoms with van der Waals surface area (Å²) >= 11 is 0. The van der Waals surface area contributed by atoms with Crippen LogP contribution in [0.2, 0.25) is 0 Å². The van der Waals surface area contributed by atoms with E-state index in [1.165, 1.54) is 24.4 Å². The molecule has 0 spiro atoms. The van der Waals surface area contributed by atoms with Crippen molar-refractivity contribution in [3.8, 4) is 11.8 Å². The largest absolute Gasteiger partial charge is 0.416 e. The first-order valence-electron chi connectivity index (χ1n) is 12.0. The van der Waals surface area contributed by atoms with Gasteiger partial charge in [-0.05, 0) is 92.8 Å². The van der Waals surface area contributed by atoms with Gasteiger partial charge in [-0.25, -0.2) is 9.37 Å². The van der Waals surface area contributed by atoms with E-state index in [0.717, 1.165) is 38.1 Å². The van der Waals surface area contributed by atoms with E-state index in [2.05, 4.69) is 21.7 Å². The highest BCUT2D eigenvalue weighted by molar-refractivity contribution is 5.97. The molecule has 1 fully saturated rings. The fourth-order valence-corrected chi connectivity index (χ4v) is 4.49. The highest BCUT2D eigenvalue weighted by Gasteiger charge is 2.34. The molecule has 192 valence electrons. The summed E-state index contributed by atoms with van der Waals surface area (Å²) in [5.74, 6) is 4.74. The Balaban J connectivity index is 1.53. The van der Waals surface area contributed by atoms with E-state index in [4.69, 9.17) is 5.73 Å². The summed E-state index contributed by atoms with van der Waals surface area (Å²) in [4.78, 5) is 19.0. The highest BCUT2D eigenvalue weighted by atomic mass is 19.4. The van der Waals surface area contributed by atoms with Crippen molar-refractivity contribution in [3.63, 3.8) is 0 Å². The fourth-order valence-electron chi connectivity index (χ4n) is 4.49.